The molecule has 1 atom stereocenters. The molecule has 1 saturated heterocycles. The average molecular weight is 401 g/mol. The van der Waals surface area contributed by atoms with Crippen LogP contribution in [0.1, 0.15) is 25.3 Å². The molecule has 1 aliphatic rings. The van der Waals surface area contributed by atoms with Crippen molar-refractivity contribution in [2.45, 2.75) is 37.8 Å². The third-order valence-corrected chi connectivity index (χ3v) is 4.37. The molecule has 0 bridgehead atoms. The Bertz CT molecular complexity index is 590. The van der Waals surface area contributed by atoms with Crippen LogP contribution in [0.25, 0.3) is 0 Å². The third kappa shape index (κ3) is 5.85. The van der Waals surface area contributed by atoms with Crippen molar-refractivity contribution in [3.63, 3.8) is 0 Å². The maximum atomic E-state index is 12.0. The summed E-state index contributed by atoms with van der Waals surface area (Å²) in [6, 6.07) is 0.744. The second-order valence-electron chi connectivity index (χ2n) is 6.02. The van der Waals surface area contributed by atoms with Crippen LogP contribution in [0.2, 0.25) is 0 Å². The largest absolute Gasteiger partial charge is 0.480 e. The van der Waals surface area contributed by atoms with Crippen LogP contribution < -0.4 is 5.32 Å². The number of carbonyl (C=O) groups excluding carboxylic acids is 1. The molecule has 1 aromatic heterocycles. The van der Waals surface area contributed by atoms with Crippen LogP contribution >= 0.6 is 15.9 Å². The molecule has 1 aromatic rings. The minimum absolute atomic E-state index is 0.151. The van der Waals surface area contributed by atoms with Crippen LogP contribution in [0, 0.1) is 0 Å². The number of amides is 1. The lowest BCUT2D eigenvalue weighted by atomic mass is 9.97. The van der Waals surface area contributed by atoms with Gasteiger partial charge in [-0.05, 0) is 47.3 Å². The van der Waals surface area contributed by atoms with Gasteiger partial charge in [0.2, 0.25) is 5.91 Å². The number of hydrogen-bond donors (Lipinski definition) is 2. The Balaban J connectivity index is 1.87. The van der Waals surface area contributed by atoms with Crippen molar-refractivity contribution in [2.75, 3.05) is 19.8 Å². The highest BCUT2D eigenvalue weighted by Gasteiger charge is 2.29. The number of pyridine rings is 1. The molecule has 0 saturated carbocycles. The zero-order valence-corrected chi connectivity index (χ0v) is 15.0. The number of hydrogen-bond acceptors (Lipinski definition) is 5. The monoisotopic (exact) mass is 400 g/mol. The molecule has 2 N–H and O–H groups in total. The van der Waals surface area contributed by atoms with E-state index in [1.54, 1.807) is 18.5 Å². The topological polar surface area (TPSA) is 97.8 Å². The summed E-state index contributed by atoms with van der Waals surface area (Å²) in [6.45, 7) is 2.97. The number of ether oxygens (including phenoxy) is 2. The fraction of sp³-hybridized carbons (Fsp3) is 0.562. The van der Waals surface area contributed by atoms with Crippen molar-refractivity contribution < 1.29 is 24.2 Å². The minimum Gasteiger partial charge on any atom is -0.480 e. The van der Waals surface area contributed by atoms with E-state index < -0.39 is 23.5 Å². The van der Waals surface area contributed by atoms with Crippen molar-refractivity contribution in [2.24, 2.45) is 0 Å². The van der Waals surface area contributed by atoms with Gasteiger partial charge in [0, 0.05) is 36.5 Å². The van der Waals surface area contributed by atoms with Gasteiger partial charge in [0.1, 0.15) is 12.6 Å². The molecule has 24 heavy (non-hydrogen) atoms. The number of aliphatic carboxylic acids is 1. The van der Waals surface area contributed by atoms with Gasteiger partial charge in [-0.2, -0.15) is 0 Å². The molecule has 1 aliphatic heterocycles. The molecule has 1 fully saturated rings. The fourth-order valence-corrected chi connectivity index (χ4v) is 2.84. The molecule has 132 valence electrons. The second-order valence-corrected chi connectivity index (χ2v) is 6.94. The highest BCUT2D eigenvalue weighted by atomic mass is 79.9. The molecule has 0 spiro atoms. The number of carboxylic acids is 1. The second kappa shape index (κ2) is 8.55. The lowest BCUT2D eigenvalue weighted by Gasteiger charge is -2.33. The highest BCUT2D eigenvalue weighted by molar-refractivity contribution is 9.10. The number of carbonyl (C=O) groups is 2. The Kier molecular flexibility index (Phi) is 6.70. The number of halogens is 1. The average Bonchev–Trinajstić information content (AvgIpc) is 2.53. The van der Waals surface area contributed by atoms with Gasteiger partial charge in [-0.25, -0.2) is 4.79 Å². The molecule has 8 heteroatoms. The number of carboxylic acid groups (broad SMARTS) is 1. The maximum absolute atomic E-state index is 12.0. The van der Waals surface area contributed by atoms with Crippen LogP contribution in [0.4, 0.5) is 0 Å². The normalized spacial score (nSPS) is 17.9. The lowest BCUT2D eigenvalue weighted by molar-refractivity contribution is -0.146. The van der Waals surface area contributed by atoms with Gasteiger partial charge in [-0.1, -0.05) is 0 Å². The molecule has 1 unspecified atom stereocenters. The first-order chi connectivity index (χ1) is 11.4. The van der Waals surface area contributed by atoms with Crippen molar-refractivity contribution in [1.82, 2.24) is 10.3 Å². The Hall–Kier alpha value is -1.51. The van der Waals surface area contributed by atoms with Gasteiger partial charge in [-0.3, -0.25) is 9.78 Å². The molecule has 7 nitrogen and oxygen atoms in total. The van der Waals surface area contributed by atoms with E-state index in [-0.39, 0.29) is 13.0 Å². The smallest absolute Gasteiger partial charge is 0.326 e. The van der Waals surface area contributed by atoms with Crippen LogP contribution in [-0.4, -0.2) is 53.4 Å². The van der Waals surface area contributed by atoms with Crippen LogP contribution in [0.15, 0.2) is 22.9 Å². The Morgan fingerprint density at radius 3 is 2.79 bits per heavy atom. The first kappa shape index (κ1) is 18.8. The summed E-state index contributed by atoms with van der Waals surface area (Å²) in [5.41, 5.74) is 0.317. The van der Waals surface area contributed by atoms with E-state index in [1.807, 2.05) is 6.92 Å². The first-order valence-electron chi connectivity index (χ1n) is 7.71. The summed E-state index contributed by atoms with van der Waals surface area (Å²) in [4.78, 5) is 27.4. The van der Waals surface area contributed by atoms with E-state index in [1.165, 1.54) is 0 Å². The van der Waals surface area contributed by atoms with Crippen molar-refractivity contribution in [3.8, 4) is 0 Å². The summed E-state index contributed by atoms with van der Waals surface area (Å²) in [7, 11) is 0. The van der Waals surface area contributed by atoms with E-state index in [9.17, 15) is 14.7 Å². The quantitative estimate of drug-likeness (QED) is 0.720. The molecular weight excluding hydrogens is 380 g/mol. The third-order valence-electron chi connectivity index (χ3n) is 3.94. The maximum Gasteiger partial charge on any atom is 0.326 e. The van der Waals surface area contributed by atoms with E-state index in [4.69, 9.17) is 9.47 Å². The van der Waals surface area contributed by atoms with Crippen LogP contribution in [0.5, 0.6) is 0 Å². The molecule has 0 aromatic carbocycles. The molecule has 0 aliphatic carbocycles. The number of aromatic nitrogens is 1. The molecular formula is C16H21BrN2O5. The van der Waals surface area contributed by atoms with Gasteiger partial charge in [0.15, 0.2) is 0 Å². The van der Waals surface area contributed by atoms with E-state index in [0.717, 1.165) is 10.0 Å². The Morgan fingerprint density at radius 2 is 2.17 bits per heavy atom. The Morgan fingerprint density at radius 1 is 1.46 bits per heavy atom. The summed E-state index contributed by atoms with van der Waals surface area (Å²) in [6.07, 6.45) is 4.77. The van der Waals surface area contributed by atoms with Crippen LogP contribution in [-0.2, 0) is 25.5 Å². The summed E-state index contributed by atoms with van der Waals surface area (Å²) >= 11 is 3.29. The Labute approximate surface area is 148 Å². The van der Waals surface area contributed by atoms with Crippen molar-refractivity contribution in [1.29, 1.82) is 0 Å². The first-order valence-corrected chi connectivity index (χ1v) is 8.50. The van der Waals surface area contributed by atoms with Crippen LogP contribution in [0.3, 0.4) is 0 Å². The van der Waals surface area contributed by atoms with Gasteiger partial charge in [0.25, 0.3) is 0 Å². The standard InChI is InChI=1S/C16H21BrN2O5/c1-16(2-4-23-5-3-16)24-10-14(20)19-13(15(21)22)7-11-6-12(17)9-18-8-11/h6,8-9,13H,2-5,7,10H2,1H3,(H,19,20)(H,21,22). The van der Waals surface area contributed by atoms with Gasteiger partial charge in [0.05, 0.1) is 5.60 Å². The van der Waals surface area contributed by atoms with Crippen molar-refractivity contribution >= 4 is 27.8 Å². The molecule has 1 amide bonds. The predicted molar refractivity (Wildman–Crippen MR) is 89.6 cm³/mol. The highest BCUT2D eigenvalue weighted by Crippen LogP contribution is 2.24. The van der Waals surface area contributed by atoms with Gasteiger partial charge < -0.3 is 19.9 Å². The number of nitrogens with one attached hydrogen (secondary N) is 1. The molecule has 0 radical (unpaired) electrons. The summed E-state index contributed by atoms with van der Waals surface area (Å²) < 4.78 is 11.7. The zero-order chi connectivity index (χ0) is 17.6. The van der Waals surface area contributed by atoms with E-state index >= 15 is 0 Å². The summed E-state index contributed by atoms with van der Waals surface area (Å²) in [5, 5.41) is 11.8. The van der Waals surface area contributed by atoms with Gasteiger partial charge >= 0.3 is 5.97 Å². The van der Waals surface area contributed by atoms with Crippen molar-refractivity contribution in [3.05, 3.63) is 28.5 Å². The molecule has 2 heterocycles. The predicted octanol–water partition coefficient (Wildman–Crippen LogP) is 1.54. The fourth-order valence-electron chi connectivity index (χ4n) is 2.43. The van der Waals surface area contributed by atoms with E-state index in [0.29, 0.717) is 26.1 Å². The molecule has 2 rings (SSSR count). The lowest BCUT2D eigenvalue weighted by Crippen LogP contribution is -2.46. The minimum atomic E-state index is -1.10. The zero-order valence-electron chi connectivity index (χ0n) is 13.5. The SMILES string of the molecule is CC1(OCC(=O)NC(Cc2cncc(Br)c2)C(=O)O)CCOCC1. The van der Waals surface area contributed by atoms with E-state index in [2.05, 4.69) is 26.2 Å². The van der Waals surface area contributed by atoms with Gasteiger partial charge in [-0.15, -0.1) is 0 Å². The summed E-state index contributed by atoms with van der Waals surface area (Å²) in [5.74, 6) is -1.54. The number of nitrogens with zero attached hydrogens (tertiary/aromatic N) is 1. The number of rotatable bonds is 7.